The average Bonchev–Trinajstić information content (AvgIpc) is 2.67. The van der Waals surface area contributed by atoms with Crippen LogP contribution in [0.5, 0.6) is 0 Å². The number of amides is 2. The maximum atomic E-state index is 12.4. The Bertz CT molecular complexity index is 545. The number of benzene rings is 1. The smallest absolute Gasteiger partial charge is 0.242 e. The summed E-state index contributed by atoms with van der Waals surface area (Å²) >= 11 is 0. The average molecular weight is 332 g/mol. The molecular weight excluding hydrogens is 304 g/mol. The molecule has 5 heteroatoms. The fourth-order valence-electron chi connectivity index (χ4n) is 3.05. The van der Waals surface area contributed by atoms with Crippen molar-refractivity contribution in [3.05, 3.63) is 35.9 Å². The van der Waals surface area contributed by atoms with E-state index in [1.807, 2.05) is 44.2 Å². The summed E-state index contributed by atoms with van der Waals surface area (Å²) in [6.45, 7) is 5.32. The maximum absolute atomic E-state index is 12.4. The van der Waals surface area contributed by atoms with E-state index in [9.17, 15) is 14.7 Å². The van der Waals surface area contributed by atoms with Crippen LogP contribution >= 0.6 is 0 Å². The summed E-state index contributed by atoms with van der Waals surface area (Å²) in [5.74, 6) is 0.218. The van der Waals surface area contributed by atoms with Gasteiger partial charge in [0.1, 0.15) is 0 Å². The highest BCUT2D eigenvalue weighted by Gasteiger charge is 2.29. The summed E-state index contributed by atoms with van der Waals surface area (Å²) in [6.07, 6.45) is 1.32. The number of β-amino-alcohol motifs (C(OH)–C–C–N with tert-alkyl or cyclic N) is 1. The molecule has 24 heavy (non-hydrogen) atoms. The molecule has 1 aliphatic rings. The molecule has 1 fully saturated rings. The minimum Gasteiger partial charge on any atom is -0.389 e. The van der Waals surface area contributed by atoms with E-state index in [0.29, 0.717) is 25.4 Å². The van der Waals surface area contributed by atoms with Gasteiger partial charge in [0.05, 0.1) is 12.6 Å². The standard InChI is InChI=1S/C19H28N2O3/c1-15(2)11-20-12-17(22)13-21(14-19(20)24)18(23)10-6-9-16-7-4-3-5-8-16/h3-5,7-8,15,17,22H,6,9-14H2,1-2H3. The van der Waals surface area contributed by atoms with Crippen LogP contribution in [0.1, 0.15) is 32.3 Å². The molecule has 1 heterocycles. The Morgan fingerprint density at radius 2 is 1.96 bits per heavy atom. The summed E-state index contributed by atoms with van der Waals surface area (Å²) in [4.78, 5) is 27.9. The van der Waals surface area contributed by atoms with Crippen LogP contribution in [0.25, 0.3) is 0 Å². The summed E-state index contributed by atoms with van der Waals surface area (Å²) in [5, 5.41) is 10.1. The van der Waals surface area contributed by atoms with Crippen molar-refractivity contribution in [2.24, 2.45) is 5.92 Å². The second kappa shape index (κ2) is 8.83. The summed E-state index contributed by atoms with van der Waals surface area (Å²) in [6, 6.07) is 10.1. The van der Waals surface area contributed by atoms with E-state index in [1.54, 1.807) is 4.90 Å². The van der Waals surface area contributed by atoms with E-state index < -0.39 is 6.10 Å². The van der Waals surface area contributed by atoms with Crippen LogP contribution in [0.4, 0.5) is 0 Å². The Balaban J connectivity index is 1.86. The molecule has 0 saturated carbocycles. The Morgan fingerprint density at radius 3 is 2.62 bits per heavy atom. The molecule has 5 nitrogen and oxygen atoms in total. The van der Waals surface area contributed by atoms with Gasteiger partial charge in [-0.05, 0) is 24.3 Å². The second-order valence-electron chi connectivity index (χ2n) is 6.96. The number of aliphatic hydroxyl groups excluding tert-OH is 1. The summed E-state index contributed by atoms with van der Waals surface area (Å²) in [5.41, 5.74) is 1.21. The molecule has 1 unspecified atom stereocenters. The van der Waals surface area contributed by atoms with E-state index in [2.05, 4.69) is 0 Å². The van der Waals surface area contributed by atoms with Gasteiger partial charge >= 0.3 is 0 Å². The van der Waals surface area contributed by atoms with Gasteiger partial charge in [-0.2, -0.15) is 0 Å². The van der Waals surface area contributed by atoms with E-state index in [-0.39, 0.29) is 24.9 Å². The third kappa shape index (κ3) is 5.64. The van der Waals surface area contributed by atoms with Crippen LogP contribution in [0, 0.1) is 5.92 Å². The predicted molar refractivity (Wildman–Crippen MR) is 93.4 cm³/mol. The molecule has 1 atom stereocenters. The molecule has 132 valence electrons. The first-order valence-electron chi connectivity index (χ1n) is 8.73. The van der Waals surface area contributed by atoms with Crippen molar-refractivity contribution >= 4 is 11.8 Å². The molecule has 0 bridgehead atoms. The fourth-order valence-corrected chi connectivity index (χ4v) is 3.05. The van der Waals surface area contributed by atoms with Crippen LogP contribution in [-0.4, -0.2) is 59.0 Å². The van der Waals surface area contributed by atoms with Gasteiger partial charge < -0.3 is 14.9 Å². The topological polar surface area (TPSA) is 60.9 Å². The number of carbonyl (C=O) groups excluding carboxylic acids is 2. The lowest BCUT2D eigenvalue weighted by Gasteiger charge is -2.23. The molecule has 2 rings (SSSR count). The molecule has 0 aliphatic carbocycles. The quantitative estimate of drug-likeness (QED) is 0.862. The number of nitrogens with zero attached hydrogens (tertiary/aromatic N) is 2. The largest absolute Gasteiger partial charge is 0.389 e. The highest BCUT2D eigenvalue weighted by Crippen LogP contribution is 2.11. The first-order chi connectivity index (χ1) is 11.5. The van der Waals surface area contributed by atoms with Gasteiger partial charge in [0.2, 0.25) is 11.8 Å². The van der Waals surface area contributed by atoms with Gasteiger partial charge in [0, 0.05) is 26.1 Å². The Labute approximate surface area is 144 Å². The molecule has 0 radical (unpaired) electrons. The second-order valence-corrected chi connectivity index (χ2v) is 6.96. The number of hydrogen-bond acceptors (Lipinski definition) is 3. The van der Waals surface area contributed by atoms with Crippen molar-refractivity contribution in [1.29, 1.82) is 0 Å². The van der Waals surface area contributed by atoms with E-state index in [0.717, 1.165) is 12.8 Å². The predicted octanol–water partition coefficient (Wildman–Crippen LogP) is 1.70. The number of aliphatic hydroxyl groups is 1. The first kappa shape index (κ1) is 18.5. The summed E-state index contributed by atoms with van der Waals surface area (Å²) < 4.78 is 0. The van der Waals surface area contributed by atoms with Gasteiger partial charge in [-0.15, -0.1) is 0 Å². The van der Waals surface area contributed by atoms with Crippen molar-refractivity contribution < 1.29 is 14.7 Å². The van der Waals surface area contributed by atoms with Crippen molar-refractivity contribution in [3.8, 4) is 0 Å². The van der Waals surface area contributed by atoms with Crippen LogP contribution in [-0.2, 0) is 16.0 Å². The monoisotopic (exact) mass is 332 g/mol. The Kier molecular flexibility index (Phi) is 6.79. The van der Waals surface area contributed by atoms with E-state index >= 15 is 0 Å². The molecule has 1 saturated heterocycles. The SMILES string of the molecule is CC(C)CN1CC(O)CN(C(=O)CCCc2ccccc2)CC1=O. The summed E-state index contributed by atoms with van der Waals surface area (Å²) in [7, 11) is 0. The lowest BCUT2D eigenvalue weighted by molar-refractivity contribution is -0.139. The van der Waals surface area contributed by atoms with Crippen LogP contribution in [0.15, 0.2) is 30.3 Å². The molecule has 1 aromatic rings. The molecule has 1 aromatic carbocycles. The van der Waals surface area contributed by atoms with E-state index in [4.69, 9.17) is 0 Å². The molecule has 1 N–H and O–H groups in total. The van der Waals surface area contributed by atoms with Gasteiger partial charge in [-0.25, -0.2) is 0 Å². The van der Waals surface area contributed by atoms with Crippen molar-refractivity contribution in [3.63, 3.8) is 0 Å². The van der Waals surface area contributed by atoms with Gasteiger partial charge in [0.15, 0.2) is 0 Å². The van der Waals surface area contributed by atoms with Crippen molar-refractivity contribution in [2.45, 2.75) is 39.2 Å². The fraction of sp³-hybridized carbons (Fsp3) is 0.579. The molecule has 1 aliphatic heterocycles. The zero-order valence-corrected chi connectivity index (χ0v) is 14.6. The first-order valence-corrected chi connectivity index (χ1v) is 8.73. The highest BCUT2D eigenvalue weighted by molar-refractivity contribution is 5.85. The Morgan fingerprint density at radius 1 is 1.25 bits per heavy atom. The van der Waals surface area contributed by atoms with Gasteiger partial charge in [-0.3, -0.25) is 9.59 Å². The zero-order chi connectivity index (χ0) is 17.5. The van der Waals surface area contributed by atoms with Crippen molar-refractivity contribution in [1.82, 2.24) is 9.80 Å². The number of aryl methyl sites for hydroxylation is 1. The van der Waals surface area contributed by atoms with Crippen LogP contribution < -0.4 is 0 Å². The minimum absolute atomic E-state index is 0.0512. The number of rotatable bonds is 6. The zero-order valence-electron chi connectivity index (χ0n) is 14.6. The third-order valence-electron chi connectivity index (χ3n) is 4.18. The number of carbonyl (C=O) groups is 2. The van der Waals surface area contributed by atoms with Crippen LogP contribution in [0.2, 0.25) is 0 Å². The molecular formula is C19H28N2O3. The van der Waals surface area contributed by atoms with Gasteiger partial charge in [0.25, 0.3) is 0 Å². The Hall–Kier alpha value is -1.88. The van der Waals surface area contributed by atoms with Crippen molar-refractivity contribution in [2.75, 3.05) is 26.2 Å². The minimum atomic E-state index is -0.673. The van der Waals surface area contributed by atoms with Crippen LogP contribution in [0.3, 0.4) is 0 Å². The highest BCUT2D eigenvalue weighted by atomic mass is 16.3. The number of hydrogen-bond donors (Lipinski definition) is 1. The molecule has 2 amide bonds. The molecule has 0 aromatic heterocycles. The lowest BCUT2D eigenvalue weighted by Crippen LogP contribution is -2.40. The van der Waals surface area contributed by atoms with E-state index in [1.165, 1.54) is 10.5 Å². The normalized spacial score (nSPS) is 18.8. The molecule has 0 spiro atoms. The van der Waals surface area contributed by atoms with Gasteiger partial charge in [-0.1, -0.05) is 44.2 Å². The maximum Gasteiger partial charge on any atom is 0.242 e. The lowest BCUT2D eigenvalue weighted by atomic mass is 10.1. The third-order valence-corrected chi connectivity index (χ3v) is 4.18.